The molecule has 1 aliphatic carbocycles. The van der Waals surface area contributed by atoms with Crippen molar-refractivity contribution >= 4 is 0 Å². The minimum absolute atomic E-state index is 0.208. The van der Waals surface area contributed by atoms with Gasteiger partial charge in [-0.25, -0.2) is 4.79 Å². The number of aryl methyl sites for hydroxylation is 1. The molecule has 0 unspecified atom stereocenters. The molecule has 0 amide bonds. The van der Waals surface area contributed by atoms with Crippen molar-refractivity contribution in [2.45, 2.75) is 51.1 Å². The largest absolute Gasteiger partial charge is 0.330 e. The molecule has 0 saturated heterocycles. The third kappa shape index (κ3) is 4.78. The van der Waals surface area contributed by atoms with Gasteiger partial charge < -0.3 is 14.8 Å². The van der Waals surface area contributed by atoms with E-state index in [2.05, 4.69) is 17.3 Å². The maximum atomic E-state index is 12.0. The monoisotopic (exact) mass is 322 g/mol. The Morgan fingerprint density at radius 3 is 2.61 bits per heavy atom. The molecule has 130 valence electrons. The van der Waals surface area contributed by atoms with Gasteiger partial charge in [-0.3, -0.25) is 9.36 Å². The number of rotatable bonds is 7. The van der Waals surface area contributed by atoms with Gasteiger partial charge in [0.15, 0.2) is 0 Å². The second-order valence-corrected chi connectivity index (χ2v) is 6.71. The van der Waals surface area contributed by atoms with Gasteiger partial charge in [0.2, 0.25) is 0 Å². The van der Waals surface area contributed by atoms with Gasteiger partial charge in [0, 0.05) is 38.4 Å². The first-order chi connectivity index (χ1) is 11.0. The Kier molecular flexibility index (Phi) is 6.59. The highest BCUT2D eigenvalue weighted by molar-refractivity contribution is 5.05. The molecule has 6 heteroatoms. The van der Waals surface area contributed by atoms with Crippen molar-refractivity contribution < 1.29 is 0 Å². The number of hydrogen-bond acceptors (Lipinski definition) is 4. The van der Waals surface area contributed by atoms with Crippen LogP contribution in [0.4, 0.5) is 0 Å². The van der Waals surface area contributed by atoms with Gasteiger partial charge in [0.25, 0.3) is 5.56 Å². The van der Waals surface area contributed by atoms with Crippen LogP contribution >= 0.6 is 0 Å². The van der Waals surface area contributed by atoms with Crippen LogP contribution in [0.3, 0.4) is 0 Å². The second kappa shape index (κ2) is 8.45. The minimum atomic E-state index is -0.284. The Labute approximate surface area is 138 Å². The standard InChI is InChI=1S/C17H30N4O2/c1-19(15-8-5-4-6-9-15)11-7-10-18-12-14-13-20(2)17(23)21(3)16(14)22/h13,15,18H,4-12H2,1-3H3. The highest BCUT2D eigenvalue weighted by Crippen LogP contribution is 2.21. The van der Waals surface area contributed by atoms with E-state index < -0.39 is 0 Å². The highest BCUT2D eigenvalue weighted by Gasteiger charge is 2.17. The molecule has 1 N–H and O–H groups in total. The summed E-state index contributed by atoms with van der Waals surface area (Å²) in [7, 11) is 5.41. The third-order valence-corrected chi connectivity index (χ3v) is 4.90. The smallest absolute Gasteiger partial charge is 0.312 e. The van der Waals surface area contributed by atoms with Gasteiger partial charge in [-0.15, -0.1) is 0 Å². The number of hydrogen-bond donors (Lipinski definition) is 1. The number of nitrogens with one attached hydrogen (secondary N) is 1. The zero-order valence-corrected chi connectivity index (χ0v) is 14.7. The van der Waals surface area contributed by atoms with Crippen molar-refractivity contribution in [2.75, 3.05) is 20.1 Å². The van der Waals surface area contributed by atoms with E-state index in [1.165, 1.54) is 43.7 Å². The quantitative estimate of drug-likeness (QED) is 0.756. The van der Waals surface area contributed by atoms with E-state index in [-0.39, 0.29) is 11.2 Å². The van der Waals surface area contributed by atoms with Crippen molar-refractivity contribution in [1.29, 1.82) is 0 Å². The summed E-state index contributed by atoms with van der Waals surface area (Å²) in [5, 5.41) is 3.32. The van der Waals surface area contributed by atoms with Crippen molar-refractivity contribution in [3.63, 3.8) is 0 Å². The first kappa shape index (κ1) is 17.9. The fourth-order valence-electron chi connectivity index (χ4n) is 3.39. The van der Waals surface area contributed by atoms with Gasteiger partial charge in [-0.05, 0) is 39.4 Å². The first-order valence-corrected chi connectivity index (χ1v) is 8.67. The Morgan fingerprint density at radius 1 is 1.22 bits per heavy atom. The zero-order chi connectivity index (χ0) is 16.8. The molecule has 0 spiro atoms. The average molecular weight is 322 g/mol. The normalized spacial score (nSPS) is 16.2. The van der Waals surface area contributed by atoms with E-state index in [0.29, 0.717) is 12.1 Å². The predicted octanol–water partition coefficient (Wildman–Crippen LogP) is 0.828. The predicted molar refractivity (Wildman–Crippen MR) is 92.8 cm³/mol. The summed E-state index contributed by atoms with van der Waals surface area (Å²) >= 11 is 0. The molecule has 0 radical (unpaired) electrons. The van der Waals surface area contributed by atoms with Crippen LogP contribution in [-0.2, 0) is 20.6 Å². The fourth-order valence-corrected chi connectivity index (χ4v) is 3.39. The summed E-state index contributed by atoms with van der Waals surface area (Å²) in [4.78, 5) is 26.1. The van der Waals surface area contributed by atoms with E-state index in [1.807, 2.05) is 0 Å². The second-order valence-electron chi connectivity index (χ2n) is 6.71. The van der Waals surface area contributed by atoms with Crippen LogP contribution in [0, 0.1) is 0 Å². The lowest BCUT2D eigenvalue weighted by Gasteiger charge is -2.31. The molecular formula is C17H30N4O2. The average Bonchev–Trinajstić information content (AvgIpc) is 2.57. The molecule has 1 aromatic heterocycles. The summed E-state index contributed by atoms with van der Waals surface area (Å²) in [6.07, 6.45) is 9.48. The lowest BCUT2D eigenvalue weighted by atomic mass is 9.94. The SMILES string of the molecule is CN(CCCNCc1cn(C)c(=O)n(C)c1=O)C1CCCCC1. The van der Waals surface area contributed by atoms with Gasteiger partial charge in [-0.1, -0.05) is 19.3 Å². The molecule has 1 aliphatic rings. The molecule has 0 atom stereocenters. The number of nitrogens with zero attached hydrogens (tertiary/aromatic N) is 3. The Hall–Kier alpha value is -1.40. The minimum Gasteiger partial charge on any atom is -0.312 e. The van der Waals surface area contributed by atoms with Crippen LogP contribution in [0.15, 0.2) is 15.8 Å². The van der Waals surface area contributed by atoms with E-state index in [4.69, 9.17) is 0 Å². The first-order valence-electron chi connectivity index (χ1n) is 8.67. The van der Waals surface area contributed by atoms with Crippen LogP contribution < -0.4 is 16.6 Å². The lowest BCUT2D eigenvalue weighted by molar-refractivity contribution is 0.189. The van der Waals surface area contributed by atoms with E-state index in [9.17, 15) is 9.59 Å². The van der Waals surface area contributed by atoms with Crippen molar-refractivity contribution in [2.24, 2.45) is 14.1 Å². The van der Waals surface area contributed by atoms with E-state index >= 15 is 0 Å². The van der Waals surface area contributed by atoms with Crippen molar-refractivity contribution in [1.82, 2.24) is 19.4 Å². The molecule has 1 saturated carbocycles. The Balaban J connectivity index is 1.73. The molecular weight excluding hydrogens is 292 g/mol. The summed E-state index contributed by atoms with van der Waals surface area (Å²) in [6, 6.07) is 0.750. The summed E-state index contributed by atoms with van der Waals surface area (Å²) in [6.45, 7) is 2.47. The molecule has 0 aromatic carbocycles. The maximum Gasteiger partial charge on any atom is 0.330 e. The van der Waals surface area contributed by atoms with Crippen LogP contribution in [-0.4, -0.2) is 40.2 Å². The molecule has 1 aromatic rings. The van der Waals surface area contributed by atoms with Gasteiger partial charge >= 0.3 is 5.69 Å². The molecule has 0 bridgehead atoms. The summed E-state index contributed by atoms with van der Waals surface area (Å²) < 4.78 is 2.61. The van der Waals surface area contributed by atoms with Crippen LogP contribution in [0.25, 0.3) is 0 Å². The van der Waals surface area contributed by atoms with Gasteiger partial charge in [-0.2, -0.15) is 0 Å². The summed E-state index contributed by atoms with van der Waals surface area (Å²) in [5.41, 5.74) is 0.142. The summed E-state index contributed by atoms with van der Waals surface area (Å²) in [5.74, 6) is 0. The topological polar surface area (TPSA) is 59.3 Å². The molecule has 1 fully saturated rings. The Morgan fingerprint density at radius 2 is 1.91 bits per heavy atom. The molecule has 1 heterocycles. The third-order valence-electron chi connectivity index (χ3n) is 4.90. The fraction of sp³-hybridized carbons (Fsp3) is 0.765. The van der Waals surface area contributed by atoms with Gasteiger partial charge in [0.1, 0.15) is 0 Å². The van der Waals surface area contributed by atoms with Crippen LogP contribution in [0.2, 0.25) is 0 Å². The van der Waals surface area contributed by atoms with Crippen molar-refractivity contribution in [3.8, 4) is 0 Å². The zero-order valence-electron chi connectivity index (χ0n) is 14.7. The van der Waals surface area contributed by atoms with Crippen LogP contribution in [0.5, 0.6) is 0 Å². The van der Waals surface area contributed by atoms with Gasteiger partial charge in [0.05, 0.1) is 0 Å². The van der Waals surface area contributed by atoms with Crippen molar-refractivity contribution in [3.05, 3.63) is 32.6 Å². The molecule has 6 nitrogen and oxygen atoms in total. The van der Waals surface area contributed by atoms with E-state index in [0.717, 1.165) is 30.1 Å². The lowest BCUT2D eigenvalue weighted by Crippen LogP contribution is -2.39. The highest BCUT2D eigenvalue weighted by atomic mass is 16.2. The van der Waals surface area contributed by atoms with Crippen LogP contribution in [0.1, 0.15) is 44.1 Å². The number of aromatic nitrogens is 2. The maximum absolute atomic E-state index is 12.0. The molecule has 23 heavy (non-hydrogen) atoms. The molecule has 2 rings (SSSR count). The van der Waals surface area contributed by atoms with E-state index in [1.54, 1.807) is 13.2 Å². The Bertz CT molecular complexity index is 614. The molecule has 0 aliphatic heterocycles.